The van der Waals surface area contributed by atoms with Crippen molar-refractivity contribution in [3.8, 4) is 28.7 Å². The largest absolute Gasteiger partial charge is 0.497 e. The van der Waals surface area contributed by atoms with Crippen LogP contribution < -0.4 is 29.0 Å². The maximum Gasteiger partial charge on any atom is 0.340 e. The number of anilines is 1. The van der Waals surface area contributed by atoms with Gasteiger partial charge >= 0.3 is 5.97 Å². The zero-order valence-electron chi connectivity index (χ0n) is 21.2. The van der Waals surface area contributed by atoms with Crippen molar-refractivity contribution in [3.05, 3.63) is 77.0 Å². The number of allylic oxidation sites excluding steroid dienone is 1. The quantitative estimate of drug-likeness (QED) is 0.329. The van der Waals surface area contributed by atoms with E-state index in [-0.39, 0.29) is 29.4 Å². The summed E-state index contributed by atoms with van der Waals surface area (Å²) in [5, 5.41) is 2.62. The molecule has 1 heterocycles. The van der Waals surface area contributed by atoms with Crippen molar-refractivity contribution in [2.24, 2.45) is 0 Å². The number of carbonyl (C=O) groups excluding carboxylic acids is 3. The second-order valence-corrected chi connectivity index (χ2v) is 7.95. The van der Waals surface area contributed by atoms with Gasteiger partial charge in [0.05, 0.1) is 45.3 Å². The first-order valence-electron chi connectivity index (χ1n) is 11.4. The fourth-order valence-electron chi connectivity index (χ4n) is 3.70. The number of fused-ring (bicyclic) bond motifs is 1. The van der Waals surface area contributed by atoms with Gasteiger partial charge in [-0.1, -0.05) is 12.1 Å². The Morgan fingerprint density at radius 3 is 2.21 bits per heavy atom. The minimum Gasteiger partial charge on any atom is -0.497 e. The monoisotopic (exact) mass is 519 g/mol. The Bertz CT molecular complexity index is 1410. The highest BCUT2D eigenvalue weighted by molar-refractivity contribution is 6.14. The summed E-state index contributed by atoms with van der Waals surface area (Å²) < 4.78 is 31.8. The van der Waals surface area contributed by atoms with E-state index in [0.717, 1.165) is 5.56 Å². The first kappa shape index (κ1) is 26.1. The number of rotatable bonds is 9. The van der Waals surface area contributed by atoms with Crippen molar-refractivity contribution in [2.45, 2.75) is 0 Å². The first-order chi connectivity index (χ1) is 18.4. The normalized spacial score (nSPS) is 12.8. The van der Waals surface area contributed by atoms with Crippen molar-refractivity contribution in [1.82, 2.24) is 0 Å². The van der Waals surface area contributed by atoms with Crippen LogP contribution in [0.15, 0.2) is 60.4 Å². The average Bonchev–Trinajstić information content (AvgIpc) is 3.25. The van der Waals surface area contributed by atoms with E-state index in [0.29, 0.717) is 34.3 Å². The van der Waals surface area contributed by atoms with Gasteiger partial charge in [-0.3, -0.25) is 9.59 Å². The zero-order chi connectivity index (χ0) is 27.2. The van der Waals surface area contributed by atoms with Gasteiger partial charge in [0, 0.05) is 18.2 Å². The third-order valence-electron chi connectivity index (χ3n) is 5.63. The molecule has 0 unspecified atom stereocenters. The number of methoxy groups -OCH3 is 4. The Morgan fingerprint density at radius 1 is 0.868 bits per heavy atom. The first-order valence-corrected chi connectivity index (χ1v) is 11.4. The number of esters is 1. The van der Waals surface area contributed by atoms with Gasteiger partial charge in [-0.25, -0.2) is 4.79 Å². The fourth-order valence-corrected chi connectivity index (χ4v) is 3.70. The molecule has 196 valence electrons. The van der Waals surface area contributed by atoms with Gasteiger partial charge in [0.15, 0.2) is 23.9 Å². The highest BCUT2D eigenvalue weighted by atomic mass is 16.5. The third-order valence-corrected chi connectivity index (χ3v) is 5.63. The minimum atomic E-state index is -0.666. The maximum atomic E-state index is 12.7. The molecule has 38 heavy (non-hydrogen) atoms. The SMILES string of the molecule is COC(=O)c1cc(OC)c(OC)cc1NC(=O)COc1ccc2c(c1)OC(=Cc1ccc(OC)cc1)C2=O. The number of Topliss-reactive ketones (excluding diaryl/α,β-unsaturated/α-hetero) is 1. The van der Waals surface area contributed by atoms with Crippen LogP contribution in [0, 0.1) is 0 Å². The Kier molecular flexibility index (Phi) is 7.81. The lowest BCUT2D eigenvalue weighted by molar-refractivity contribution is -0.118. The van der Waals surface area contributed by atoms with E-state index in [2.05, 4.69) is 5.32 Å². The molecule has 0 aliphatic carbocycles. The van der Waals surface area contributed by atoms with Crippen molar-refractivity contribution >= 4 is 29.4 Å². The summed E-state index contributed by atoms with van der Waals surface area (Å²) in [6, 6.07) is 14.7. The van der Waals surface area contributed by atoms with Gasteiger partial charge in [0.25, 0.3) is 5.91 Å². The maximum absolute atomic E-state index is 12.7. The predicted octanol–water partition coefficient (Wildman–Crippen LogP) is 4.13. The lowest BCUT2D eigenvalue weighted by Gasteiger charge is -2.15. The molecule has 0 radical (unpaired) electrons. The predicted molar refractivity (Wildman–Crippen MR) is 137 cm³/mol. The minimum absolute atomic E-state index is 0.0825. The molecule has 0 atom stereocenters. The van der Waals surface area contributed by atoms with Crippen LogP contribution in [0.4, 0.5) is 5.69 Å². The van der Waals surface area contributed by atoms with Crippen LogP contribution in [0.3, 0.4) is 0 Å². The van der Waals surface area contributed by atoms with Crippen LogP contribution in [0.1, 0.15) is 26.3 Å². The molecule has 10 heteroatoms. The molecule has 3 aromatic rings. The van der Waals surface area contributed by atoms with E-state index in [1.165, 1.54) is 39.5 Å². The van der Waals surface area contributed by atoms with Crippen molar-refractivity contribution in [2.75, 3.05) is 40.4 Å². The van der Waals surface area contributed by atoms with Crippen molar-refractivity contribution in [3.63, 3.8) is 0 Å². The Morgan fingerprint density at radius 2 is 1.55 bits per heavy atom. The highest BCUT2D eigenvalue weighted by Gasteiger charge is 2.28. The van der Waals surface area contributed by atoms with Crippen LogP contribution in [-0.4, -0.2) is 52.7 Å². The van der Waals surface area contributed by atoms with Crippen molar-refractivity contribution in [1.29, 1.82) is 0 Å². The van der Waals surface area contributed by atoms with Crippen LogP contribution in [-0.2, 0) is 9.53 Å². The molecule has 0 saturated carbocycles. The van der Waals surface area contributed by atoms with Gasteiger partial charge in [-0.15, -0.1) is 0 Å². The summed E-state index contributed by atoms with van der Waals surface area (Å²) in [6.45, 7) is -0.379. The summed E-state index contributed by atoms with van der Waals surface area (Å²) in [4.78, 5) is 37.6. The molecule has 1 aliphatic heterocycles. The molecule has 1 amide bonds. The standard InChI is InChI=1S/C28H25NO9/c1-33-17-7-5-16(6-8-17)11-25-27(31)19-10-9-18(12-22(19)38-25)37-15-26(30)29-21-14-24(35-3)23(34-2)13-20(21)28(32)36-4/h5-14H,15H2,1-4H3,(H,29,30). The van der Waals surface area contributed by atoms with Crippen LogP contribution in [0.5, 0.6) is 28.7 Å². The molecular formula is C28H25NO9. The summed E-state index contributed by atoms with van der Waals surface area (Å²) in [5.41, 5.74) is 1.41. The van der Waals surface area contributed by atoms with E-state index in [9.17, 15) is 14.4 Å². The molecule has 4 rings (SSSR count). The molecule has 0 bridgehead atoms. The van der Waals surface area contributed by atoms with Gasteiger partial charge in [-0.05, 0) is 35.9 Å². The average molecular weight is 520 g/mol. The van der Waals surface area contributed by atoms with E-state index in [1.54, 1.807) is 37.5 Å². The number of hydrogen-bond donors (Lipinski definition) is 1. The summed E-state index contributed by atoms with van der Waals surface area (Å²) in [6.07, 6.45) is 1.64. The highest BCUT2D eigenvalue weighted by Crippen LogP contribution is 2.36. The molecule has 1 aliphatic rings. The number of hydrogen-bond acceptors (Lipinski definition) is 9. The summed E-state index contributed by atoms with van der Waals surface area (Å²) in [5.74, 6) is 0.658. The second kappa shape index (κ2) is 11.4. The molecular weight excluding hydrogens is 494 g/mol. The smallest absolute Gasteiger partial charge is 0.340 e. The molecule has 0 fully saturated rings. The third kappa shape index (κ3) is 5.54. The van der Waals surface area contributed by atoms with E-state index in [4.69, 9.17) is 28.4 Å². The number of nitrogens with one attached hydrogen (secondary N) is 1. The zero-order valence-corrected chi connectivity index (χ0v) is 21.2. The van der Waals surface area contributed by atoms with Crippen LogP contribution in [0.25, 0.3) is 6.08 Å². The Labute approximate surface area is 218 Å². The molecule has 0 aromatic heterocycles. The topological polar surface area (TPSA) is 119 Å². The molecule has 1 N–H and O–H groups in total. The van der Waals surface area contributed by atoms with E-state index < -0.39 is 11.9 Å². The Hall–Kier alpha value is -4.99. The number of benzene rings is 3. The van der Waals surface area contributed by atoms with Crippen LogP contribution >= 0.6 is 0 Å². The number of ether oxygens (including phenoxy) is 6. The van der Waals surface area contributed by atoms with Crippen LogP contribution in [0.2, 0.25) is 0 Å². The Balaban J connectivity index is 1.44. The molecule has 0 spiro atoms. The van der Waals surface area contributed by atoms with Gasteiger partial charge in [0.2, 0.25) is 5.78 Å². The molecule has 0 saturated heterocycles. The second-order valence-electron chi connectivity index (χ2n) is 7.95. The van der Waals surface area contributed by atoms with Gasteiger partial charge < -0.3 is 33.7 Å². The van der Waals surface area contributed by atoms with Crippen molar-refractivity contribution < 1.29 is 42.8 Å². The van der Waals surface area contributed by atoms with Gasteiger partial charge in [0.1, 0.15) is 17.2 Å². The lowest BCUT2D eigenvalue weighted by Crippen LogP contribution is -2.22. The molecule has 3 aromatic carbocycles. The van der Waals surface area contributed by atoms with E-state index in [1.807, 2.05) is 12.1 Å². The number of amides is 1. The molecule has 10 nitrogen and oxygen atoms in total. The van der Waals surface area contributed by atoms with Gasteiger partial charge in [-0.2, -0.15) is 0 Å². The lowest BCUT2D eigenvalue weighted by atomic mass is 10.1. The van der Waals surface area contributed by atoms with E-state index >= 15 is 0 Å². The fraction of sp³-hybridized carbons (Fsp3) is 0.179. The number of ketones is 1. The summed E-state index contributed by atoms with van der Waals surface area (Å²) >= 11 is 0. The number of carbonyl (C=O) groups is 3. The summed E-state index contributed by atoms with van der Waals surface area (Å²) in [7, 11) is 5.66.